The van der Waals surface area contributed by atoms with Gasteiger partial charge >= 0.3 is 0 Å². The fraction of sp³-hybridized carbons (Fsp3) is 0.409. The maximum absolute atomic E-state index is 13.1. The fourth-order valence-electron chi connectivity index (χ4n) is 3.61. The van der Waals surface area contributed by atoms with E-state index in [0.29, 0.717) is 43.2 Å². The molecule has 0 atom stereocenters. The van der Waals surface area contributed by atoms with Gasteiger partial charge in [-0.05, 0) is 56.2 Å². The standard InChI is InChI=1S/C22H28N2O4S/c1-16-5-6-17(2)22(13-16)29(26,27)24-11-9-23(10-12-24)15-20-14-19(18(3)25)7-8-21(20)28-4/h5-8,13-14H,9-12,15H2,1-4H3. The Bertz CT molecular complexity index is 1010. The second-order valence-corrected chi connectivity index (χ2v) is 9.44. The Morgan fingerprint density at radius 1 is 1.03 bits per heavy atom. The molecule has 0 N–H and O–H groups in total. The number of methoxy groups -OCH3 is 1. The number of benzene rings is 2. The Hall–Kier alpha value is -2.22. The number of rotatable bonds is 6. The molecule has 2 aromatic rings. The number of carbonyl (C=O) groups excluding carboxylic acids is 1. The maximum atomic E-state index is 13.1. The van der Waals surface area contributed by atoms with E-state index in [9.17, 15) is 13.2 Å². The molecular formula is C22H28N2O4S. The van der Waals surface area contributed by atoms with Crippen molar-refractivity contribution in [2.75, 3.05) is 33.3 Å². The van der Waals surface area contributed by atoms with Gasteiger partial charge in [-0.3, -0.25) is 9.69 Å². The molecule has 0 aromatic heterocycles. The van der Waals surface area contributed by atoms with Gasteiger partial charge in [-0.2, -0.15) is 4.31 Å². The van der Waals surface area contributed by atoms with E-state index in [1.165, 1.54) is 0 Å². The average molecular weight is 417 g/mol. The van der Waals surface area contributed by atoms with E-state index < -0.39 is 10.0 Å². The summed E-state index contributed by atoms with van der Waals surface area (Å²) in [7, 11) is -1.89. The number of nitrogens with zero attached hydrogens (tertiary/aromatic N) is 2. The van der Waals surface area contributed by atoms with Gasteiger partial charge in [0.15, 0.2) is 5.78 Å². The number of ketones is 1. The zero-order valence-electron chi connectivity index (χ0n) is 17.4. The highest BCUT2D eigenvalue weighted by atomic mass is 32.2. The number of piperazine rings is 1. The molecule has 0 saturated carbocycles. The van der Waals surface area contributed by atoms with Crippen LogP contribution in [0.3, 0.4) is 0 Å². The van der Waals surface area contributed by atoms with E-state index in [2.05, 4.69) is 4.90 Å². The van der Waals surface area contributed by atoms with Gasteiger partial charge in [-0.25, -0.2) is 8.42 Å². The summed E-state index contributed by atoms with van der Waals surface area (Å²) in [5.74, 6) is 0.749. The van der Waals surface area contributed by atoms with Crippen molar-refractivity contribution in [3.63, 3.8) is 0 Å². The van der Waals surface area contributed by atoms with Gasteiger partial charge in [0, 0.05) is 43.9 Å². The first-order chi connectivity index (χ1) is 13.7. The smallest absolute Gasteiger partial charge is 0.243 e. The Morgan fingerprint density at radius 3 is 2.34 bits per heavy atom. The lowest BCUT2D eigenvalue weighted by Crippen LogP contribution is -2.48. The maximum Gasteiger partial charge on any atom is 0.243 e. The van der Waals surface area contributed by atoms with Gasteiger partial charge in [0.2, 0.25) is 10.0 Å². The molecule has 0 unspecified atom stereocenters. The Kier molecular flexibility index (Phi) is 6.41. The molecule has 0 amide bonds. The van der Waals surface area contributed by atoms with E-state index in [1.54, 1.807) is 30.5 Å². The van der Waals surface area contributed by atoms with Crippen molar-refractivity contribution in [2.45, 2.75) is 32.2 Å². The summed E-state index contributed by atoms with van der Waals surface area (Å²) >= 11 is 0. The van der Waals surface area contributed by atoms with Crippen molar-refractivity contribution >= 4 is 15.8 Å². The number of sulfonamides is 1. The highest BCUT2D eigenvalue weighted by Gasteiger charge is 2.30. The molecule has 6 nitrogen and oxygen atoms in total. The first-order valence-electron chi connectivity index (χ1n) is 9.70. The molecule has 0 spiro atoms. The summed E-state index contributed by atoms with van der Waals surface area (Å²) in [6, 6.07) is 11.0. The first kappa shape index (κ1) is 21.5. The van der Waals surface area contributed by atoms with E-state index in [0.717, 1.165) is 22.4 Å². The van der Waals surface area contributed by atoms with Crippen LogP contribution in [0.1, 0.15) is 34.0 Å². The number of aryl methyl sites for hydroxylation is 2. The monoisotopic (exact) mass is 416 g/mol. The Morgan fingerprint density at radius 2 is 1.72 bits per heavy atom. The predicted octanol–water partition coefficient (Wildman–Crippen LogP) is 3.02. The summed E-state index contributed by atoms with van der Waals surface area (Å²) < 4.78 is 33.2. The first-order valence-corrected chi connectivity index (χ1v) is 11.1. The van der Waals surface area contributed by atoms with Gasteiger partial charge in [0.1, 0.15) is 5.75 Å². The van der Waals surface area contributed by atoms with E-state index >= 15 is 0 Å². The summed E-state index contributed by atoms with van der Waals surface area (Å²) in [5.41, 5.74) is 3.29. The van der Waals surface area contributed by atoms with Gasteiger partial charge in [0.25, 0.3) is 0 Å². The molecule has 1 aliphatic rings. The minimum Gasteiger partial charge on any atom is -0.496 e. The number of carbonyl (C=O) groups is 1. The molecule has 3 rings (SSSR count). The van der Waals surface area contributed by atoms with Crippen molar-refractivity contribution in [1.82, 2.24) is 9.21 Å². The van der Waals surface area contributed by atoms with Gasteiger partial charge in [0.05, 0.1) is 12.0 Å². The van der Waals surface area contributed by atoms with Gasteiger partial charge in [-0.15, -0.1) is 0 Å². The second kappa shape index (κ2) is 8.65. The third-order valence-electron chi connectivity index (χ3n) is 5.37. The number of Topliss-reactive ketones (excluding diaryl/α,β-unsaturated/α-hetero) is 1. The topological polar surface area (TPSA) is 66.9 Å². The summed E-state index contributed by atoms with van der Waals surface area (Å²) in [6.07, 6.45) is 0. The van der Waals surface area contributed by atoms with Crippen LogP contribution in [0.5, 0.6) is 5.75 Å². The minimum atomic E-state index is -3.50. The van der Waals surface area contributed by atoms with Crippen molar-refractivity contribution in [3.05, 3.63) is 58.7 Å². The lowest BCUT2D eigenvalue weighted by molar-refractivity contribution is 0.101. The van der Waals surface area contributed by atoms with Crippen LogP contribution in [-0.2, 0) is 16.6 Å². The third-order valence-corrected chi connectivity index (χ3v) is 7.41. The SMILES string of the molecule is COc1ccc(C(C)=O)cc1CN1CCN(S(=O)(=O)c2cc(C)ccc2C)CC1. The molecule has 1 heterocycles. The van der Waals surface area contributed by atoms with Gasteiger partial charge < -0.3 is 4.74 Å². The van der Waals surface area contributed by atoms with E-state index in [-0.39, 0.29) is 5.78 Å². The molecular weight excluding hydrogens is 388 g/mol. The number of hydrogen-bond donors (Lipinski definition) is 0. The molecule has 0 aliphatic carbocycles. The van der Waals surface area contributed by atoms with Gasteiger partial charge in [-0.1, -0.05) is 12.1 Å². The van der Waals surface area contributed by atoms with Crippen LogP contribution in [0.4, 0.5) is 0 Å². The molecule has 1 fully saturated rings. The summed E-state index contributed by atoms with van der Waals surface area (Å²) in [4.78, 5) is 14.3. The molecule has 1 aliphatic heterocycles. The molecule has 2 aromatic carbocycles. The molecule has 1 saturated heterocycles. The van der Waals surface area contributed by atoms with E-state index in [1.807, 2.05) is 38.1 Å². The van der Waals surface area contributed by atoms with Crippen LogP contribution in [0, 0.1) is 13.8 Å². The van der Waals surface area contributed by atoms with Crippen LogP contribution >= 0.6 is 0 Å². The van der Waals surface area contributed by atoms with Crippen molar-refractivity contribution in [3.8, 4) is 5.75 Å². The summed E-state index contributed by atoms with van der Waals surface area (Å²) in [5, 5.41) is 0. The zero-order chi connectivity index (χ0) is 21.2. The highest BCUT2D eigenvalue weighted by molar-refractivity contribution is 7.89. The summed E-state index contributed by atoms with van der Waals surface area (Å²) in [6.45, 7) is 8.00. The van der Waals surface area contributed by atoms with Crippen molar-refractivity contribution in [1.29, 1.82) is 0 Å². The van der Waals surface area contributed by atoms with Crippen LogP contribution in [0.2, 0.25) is 0 Å². The lowest BCUT2D eigenvalue weighted by atomic mass is 10.1. The minimum absolute atomic E-state index is 0.0124. The highest BCUT2D eigenvalue weighted by Crippen LogP contribution is 2.25. The molecule has 29 heavy (non-hydrogen) atoms. The zero-order valence-corrected chi connectivity index (χ0v) is 18.3. The average Bonchev–Trinajstić information content (AvgIpc) is 2.70. The lowest BCUT2D eigenvalue weighted by Gasteiger charge is -2.34. The number of hydrogen-bond acceptors (Lipinski definition) is 5. The fourth-order valence-corrected chi connectivity index (χ4v) is 5.35. The van der Waals surface area contributed by atoms with Crippen LogP contribution in [0.15, 0.2) is 41.3 Å². The second-order valence-electron chi connectivity index (χ2n) is 7.53. The quantitative estimate of drug-likeness (QED) is 0.677. The van der Waals surface area contributed by atoms with Crippen molar-refractivity contribution in [2.24, 2.45) is 0 Å². The van der Waals surface area contributed by atoms with Crippen LogP contribution < -0.4 is 4.74 Å². The number of ether oxygens (including phenoxy) is 1. The molecule has 0 bridgehead atoms. The molecule has 156 valence electrons. The van der Waals surface area contributed by atoms with Crippen LogP contribution in [-0.4, -0.2) is 56.7 Å². The van der Waals surface area contributed by atoms with E-state index in [4.69, 9.17) is 4.74 Å². The van der Waals surface area contributed by atoms with Crippen LogP contribution in [0.25, 0.3) is 0 Å². The molecule has 7 heteroatoms. The third kappa shape index (κ3) is 4.69. The molecule has 0 radical (unpaired) electrons. The Labute approximate surface area is 173 Å². The normalized spacial score (nSPS) is 16.0. The largest absolute Gasteiger partial charge is 0.496 e. The van der Waals surface area contributed by atoms with Crippen molar-refractivity contribution < 1.29 is 17.9 Å². The predicted molar refractivity (Wildman–Crippen MR) is 113 cm³/mol. The Balaban J connectivity index is 1.72.